The van der Waals surface area contributed by atoms with Gasteiger partial charge in [0, 0.05) is 35.1 Å². The topological polar surface area (TPSA) is 65.4 Å². The summed E-state index contributed by atoms with van der Waals surface area (Å²) >= 11 is 1.40. The van der Waals surface area contributed by atoms with Crippen LogP contribution in [0.1, 0.15) is 26.6 Å². The van der Waals surface area contributed by atoms with Gasteiger partial charge >= 0.3 is 0 Å². The summed E-state index contributed by atoms with van der Waals surface area (Å²) in [5.41, 5.74) is 3.86. The van der Waals surface area contributed by atoms with Gasteiger partial charge in [-0.25, -0.2) is 4.98 Å². The van der Waals surface area contributed by atoms with Crippen LogP contribution in [0.15, 0.2) is 48.7 Å². The van der Waals surface area contributed by atoms with Crippen molar-refractivity contribution >= 4 is 27.5 Å². The first-order valence-electron chi connectivity index (χ1n) is 9.55. The number of rotatable bonds is 6. The molecule has 4 aromatic rings. The predicted octanol–water partition coefficient (Wildman–Crippen LogP) is 4.65. The number of hydrogen-bond acceptors (Lipinski definition) is 5. The number of fused-ring (bicyclic) bond motifs is 1. The predicted molar refractivity (Wildman–Crippen MR) is 119 cm³/mol. The van der Waals surface area contributed by atoms with Gasteiger partial charge in [0.1, 0.15) is 21.2 Å². The zero-order valence-electron chi connectivity index (χ0n) is 17.4. The number of pyridine rings is 1. The first-order valence-corrected chi connectivity index (χ1v) is 10.4. The third-order valence-electron chi connectivity index (χ3n) is 5.07. The molecular weight excluding hydrogens is 398 g/mol. The van der Waals surface area contributed by atoms with E-state index in [1.54, 1.807) is 20.4 Å². The Morgan fingerprint density at radius 3 is 2.57 bits per heavy atom. The fourth-order valence-electron chi connectivity index (χ4n) is 3.59. The summed E-state index contributed by atoms with van der Waals surface area (Å²) < 4.78 is 12.8. The van der Waals surface area contributed by atoms with Crippen LogP contribution >= 0.6 is 11.3 Å². The van der Waals surface area contributed by atoms with Crippen molar-refractivity contribution in [3.8, 4) is 17.2 Å². The Balaban J connectivity index is 1.72. The van der Waals surface area contributed by atoms with Gasteiger partial charge in [-0.1, -0.05) is 0 Å². The number of aryl methyl sites for hydroxylation is 2. The smallest absolute Gasteiger partial charge is 0.263 e. The van der Waals surface area contributed by atoms with Crippen molar-refractivity contribution < 1.29 is 14.3 Å². The summed E-state index contributed by atoms with van der Waals surface area (Å²) in [6.45, 7) is 4.40. The molecule has 0 fully saturated rings. The lowest BCUT2D eigenvalue weighted by Gasteiger charge is -2.13. The molecule has 0 radical (unpaired) electrons. The molecule has 0 spiro atoms. The van der Waals surface area contributed by atoms with Gasteiger partial charge in [0.15, 0.2) is 0 Å². The molecule has 0 saturated carbocycles. The summed E-state index contributed by atoms with van der Waals surface area (Å²) in [4.78, 5) is 19.2. The average molecular weight is 422 g/mol. The van der Waals surface area contributed by atoms with E-state index in [4.69, 9.17) is 9.47 Å². The van der Waals surface area contributed by atoms with Gasteiger partial charge in [-0.05, 0) is 56.3 Å². The quantitative estimate of drug-likeness (QED) is 0.492. The number of aromatic nitrogens is 2. The lowest BCUT2D eigenvalue weighted by atomic mass is 10.2. The molecule has 0 aliphatic carbocycles. The minimum absolute atomic E-state index is 0.148. The van der Waals surface area contributed by atoms with E-state index in [0.29, 0.717) is 22.9 Å². The van der Waals surface area contributed by atoms with E-state index in [1.807, 2.05) is 44.2 Å². The Bertz CT molecular complexity index is 1210. The number of nitrogens with one attached hydrogen (secondary N) is 1. The molecule has 4 rings (SSSR count). The molecule has 0 aliphatic heterocycles. The lowest BCUT2D eigenvalue weighted by molar-refractivity contribution is 0.0954. The highest BCUT2D eigenvalue weighted by Crippen LogP contribution is 2.35. The standard InChI is InChI=1S/C23H23N3O3S/c1-14-7-8-15(2)26(14)20-18-6-5-11-24-23(18)30-21(20)22(27)25-13-16-12-17(28-3)9-10-19(16)29-4/h5-12H,13H2,1-4H3,(H,25,27). The zero-order chi connectivity index (χ0) is 21.3. The van der Waals surface area contributed by atoms with E-state index in [2.05, 4.69) is 27.0 Å². The number of hydrogen-bond donors (Lipinski definition) is 1. The fraction of sp³-hybridized carbons (Fsp3) is 0.217. The Morgan fingerprint density at radius 2 is 1.87 bits per heavy atom. The molecular formula is C23H23N3O3S. The maximum absolute atomic E-state index is 13.3. The molecule has 1 amide bonds. The number of ether oxygens (including phenoxy) is 2. The summed E-state index contributed by atoms with van der Waals surface area (Å²) in [7, 11) is 3.23. The summed E-state index contributed by atoms with van der Waals surface area (Å²) in [6, 6.07) is 13.5. The van der Waals surface area contributed by atoms with Crippen molar-refractivity contribution in [2.24, 2.45) is 0 Å². The van der Waals surface area contributed by atoms with Crippen molar-refractivity contribution in [2.75, 3.05) is 14.2 Å². The number of amides is 1. The first-order chi connectivity index (χ1) is 14.5. The molecule has 0 atom stereocenters. The third kappa shape index (κ3) is 3.52. The Morgan fingerprint density at radius 1 is 1.10 bits per heavy atom. The van der Waals surface area contributed by atoms with Crippen LogP contribution in [0.3, 0.4) is 0 Å². The van der Waals surface area contributed by atoms with Crippen LogP contribution in [0, 0.1) is 13.8 Å². The summed E-state index contributed by atoms with van der Waals surface area (Å²) in [5.74, 6) is 1.27. The number of carbonyl (C=O) groups excluding carboxylic acids is 1. The summed E-state index contributed by atoms with van der Waals surface area (Å²) in [6.07, 6.45) is 1.75. The molecule has 1 N–H and O–H groups in total. The normalized spacial score (nSPS) is 10.9. The molecule has 0 saturated heterocycles. The SMILES string of the molecule is COc1ccc(OC)c(CNC(=O)c2sc3ncccc3c2-n2c(C)ccc2C)c1. The Kier molecular flexibility index (Phi) is 5.46. The fourth-order valence-corrected chi connectivity index (χ4v) is 4.64. The van der Waals surface area contributed by atoms with Gasteiger partial charge in [-0.3, -0.25) is 4.79 Å². The minimum Gasteiger partial charge on any atom is -0.497 e. The van der Waals surface area contributed by atoms with Crippen LogP contribution < -0.4 is 14.8 Å². The molecule has 0 unspecified atom stereocenters. The molecule has 3 heterocycles. The highest BCUT2D eigenvalue weighted by molar-refractivity contribution is 7.21. The second-order valence-corrected chi connectivity index (χ2v) is 7.95. The largest absolute Gasteiger partial charge is 0.497 e. The minimum atomic E-state index is -0.148. The lowest BCUT2D eigenvalue weighted by Crippen LogP contribution is -2.23. The van der Waals surface area contributed by atoms with Gasteiger partial charge in [0.05, 0.1) is 19.9 Å². The molecule has 0 aliphatic rings. The summed E-state index contributed by atoms with van der Waals surface area (Å²) in [5, 5.41) is 4.01. The van der Waals surface area contributed by atoms with E-state index < -0.39 is 0 Å². The molecule has 1 aromatic carbocycles. The van der Waals surface area contributed by atoms with Crippen molar-refractivity contribution in [3.05, 3.63) is 70.5 Å². The van der Waals surface area contributed by atoms with Crippen molar-refractivity contribution in [1.29, 1.82) is 0 Å². The van der Waals surface area contributed by atoms with Gasteiger partial charge in [-0.15, -0.1) is 11.3 Å². The number of benzene rings is 1. The maximum atomic E-state index is 13.3. The van der Waals surface area contributed by atoms with E-state index >= 15 is 0 Å². The number of thiophene rings is 1. The van der Waals surface area contributed by atoms with Crippen LogP contribution in [0.25, 0.3) is 15.9 Å². The van der Waals surface area contributed by atoms with E-state index in [9.17, 15) is 4.79 Å². The van der Waals surface area contributed by atoms with Crippen LogP contribution in [-0.2, 0) is 6.54 Å². The van der Waals surface area contributed by atoms with Crippen molar-refractivity contribution in [3.63, 3.8) is 0 Å². The van der Waals surface area contributed by atoms with Crippen molar-refractivity contribution in [1.82, 2.24) is 14.9 Å². The van der Waals surface area contributed by atoms with Crippen molar-refractivity contribution in [2.45, 2.75) is 20.4 Å². The monoisotopic (exact) mass is 421 g/mol. The second kappa shape index (κ2) is 8.20. The van der Waals surface area contributed by atoms with Gasteiger partial charge in [0.2, 0.25) is 0 Å². The number of methoxy groups -OCH3 is 2. The average Bonchev–Trinajstić information content (AvgIpc) is 3.30. The first kappa shape index (κ1) is 20.0. The molecule has 30 heavy (non-hydrogen) atoms. The zero-order valence-corrected chi connectivity index (χ0v) is 18.2. The van der Waals surface area contributed by atoms with Gasteiger partial charge < -0.3 is 19.4 Å². The highest BCUT2D eigenvalue weighted by Gasteiger charge is 2.22. The molecule has 3 aromatic heterocycles. The van der Waals surface area contributed by atoms with Crippen LogP contribution in [-0.4, -0.2) is 29.7 Å². The Labute approximate surface area is 179 Å². The van der Waals surface area contributed by atoms with Gasteiger partial charge in [0.25, 0.3) is 5.91 Å². The molecule has 7 heteroatoms. The molecule has 154 valence electrons. The number of nitrogens with zero attached hydrogens (tertiary/aromatic N) is 2. The molecule has 0 bridgehead atoms. The van der Waals surface area contributed by atoms with E-state index in [1.165, 1.54) is 11.3 Å². The molecule has 6 nitrogen and oxygen atoms in total. The van der Waals surface area contributed by atoms with E-state index in [-0.39, 0.29) is 5.91 Å². The van der Waals surface area contributed by atoms with E-state index in [0.717, 1.165) is 32.9 Å². The van der Waals surface area contributed by atoms with Gasteiger partial charge in [-0.2, -0.15) is 0 Å². The number of carbonyl (C=O) groups is 1. The highest BCUT2D eigenvalue weighted by atomic mass is 32.1. The Hall–Kier alpha value is -3.32. The van der Waals surface area contributed by atoms with Crippen LogP contribution in [0.2, 0.25) is 0 Å². The second-order valence-electron chi connectivity index (χ2n) is 6.95. The van der Waals surface area contributed by atoms with Crippen LogP contribution in [0.4, 0.5) is 0 Å². The van der Waals surface area contributed by atoms with Crippen LogP contribution in [0.5, 0.6) is 11.5 Å². The maximum Gasteiger partial charge on any atom is 0.263 e. The third-order valence-corrected chi connectivity index (χ3v) is 6.17.